The van der Waals surface area contributed by atoms with Crippen LogP contribution in [0.3, 0.4) is 0 Å². The van der Waals surface area contributed by atoms with Gasteiger partial charge in [-0.3, -0.25) is 4.79 Å². The molecule has 168 valence electrons. The second-order valence-electron chi connectivity index (χ2n) is 8.01. The molecule has 1 saturated heterocycles. The van der Waals surface area contributed by atoms with Gasteiger partial charge in [-0.05, 0) is 51.8 Å². The first kappa shape index (κ1) is 23.8. The zero-order valence-electron chi connectivity index (χ0n) is 16.6. The van der Waals surface area contributed by atoms with Crippen LogP contribution in [0.1, 0.15) is 55.1 Å². The maximum Gasteiger partial charge on any atom is 0.416 e. The highest BCUT2D eigenvalue weighted by Crippen LogP contribution is 2.36. The monoisotopic (exact) mass is 440 g/mol. The number of carbonyl (C=O) groups excluding carboxylic acids is 2. The molecule has 1 aliphatic heterocycles. The third kappa shape index (κ3) is 6.53. The van der Waals surface area contributed by atoms with Crippen LogP contribution in [-0.4, -0.2) is 41.6 Å². The minimum Gasteiger partial charge on any atom is -0.444 e. The van der Waals surface area contributed by atoms with Crippen molar-refractivity contribution in [1.29, 1.82) is 0 Å². The Morgan fingerprint density at radius 3 is 1.80 bits per heavy atom. The molecule has 5 nitrogen and oxygen atoms in total. The number of hydrogen-bond donors (Lipinski definition) is 1. The van der Waals surface area contributed by atoms with Gasteiger partial charge in [0.2, 0.25) is 0 Å². The predicted molar refractivity (Wildman–Crippen MR) is 94.7 cm³/mol. The first-order valence-corrected chi connectivity index (χ1v) is 9.14. The molecule has 1 fully saturated rings. The number of benzene rings is 1. The van der Waals surface area contributed by atoms with Crippen molar-refractivity contribution in [2.45, 2.75) is 57.6 Å². The Balaban J connectivity index is 2.07. The lowest BCUT2D eigenvalue weighted by atomic mass is 10.0. The molecule has 1 N–H and O–H groups in total. The van der Waals surface area contributed by atoms with Gasteiger partial charge in [-0.15, -0.1) is 0 Å². The van der Waals surface area contributed by atoms with Crippen LogP contribution < -0.4 is 5.32 Å². The Morgan fingerprint density at radius 1 is 0.933 bits per heavy atom. The van der Waals surface area contributed by atoms with Gasteiger partial charge in [0.1, 0.15) is 5.60 Å². The van der Waals surface area contributed by atoms with Gasteiger partial charge < -0.3 is 15.0 Å². The Hall–Kier alpha value is -2.46. The van der Waals surface area contributed by atoms with Gasteiger partial charge in [-0.25, -0.2) is 4.79 Å². The molecule has 0 spiro atoms. The van der Waals surface area contributed by atoms with E-state index in [1.807, 2.05) is 0 Å². The summed E-state index contributed by atoms with van der Waals surface area (Å²) in [4.78, 5) is 25.8. The lowest BCUT2D eigenvalue weighted by Gasteiger charge is -2.33. The molecule has 0 radical (unpaired) electrons. The summed E-state index contributed by atoms with van der Waals surface area (Å²) in [6.45, 7) is 5.60. The van der Waals surface area contributed by atoms with Gasteiger partial charge >= 0.3 is 18.4 Å². The molecule has 1 heterocycles. The molecule has 11 heteroatoms. The van der Waals surface area contributed by atoms with E-state index in [1.54, 1.807) is 20.8 Å². The SMILES string of the molecule is CC(C)(C)OC(=O)N1CCC(NC(=O)c2cc(C(F)(F)F)cc(C(F)(F)F)c2)CC1. The van der Waals surface area contributed by atoms with Crippen LogP contribution in [0.5, 0.6) is 0 Å². The molecule has 1 aliphatic rings. The first-order chi connectivity index (χ1) is 13.6. The van der Waals surface area contributed by atoms with Crippen LogP contribution in [0.2, 0.25) is 0 Å². The lowest BCUT2D eigenvalue weighted by Crippen LogP contribution is -2.47. The molecule has 30 heavy (non-hydrogen) atoms. The van der Waals surface area contributed by atoms with Crippen molar-refractivity contribution >= 4 is 12.0 Å². The molecule has 2 rings (SSSR count). The van der Waals surface area contributed by atoms with Crippen molar-refractivity contribution in [2.75, 3.05) is 13.1 Å². The quantitative estimate of drug-likeness (QED) is 0.669. The number of rotatable bonds is 2. The topological polar surface area (TPSA) is 58.6 Å². The van der Waals surface area contributed by atoms with Crippen LogP contribution in [0.4, 0.5) is 31.1 Å². The van der Waals surface area contributed by atoms with E-state index in [0.29, 0.717) is 12.1 Å². The summed E-state index contributed by atoms with van der Waals surface area (Å²) in [5.41, 5.74) is -4.52. The fourth-order valence-electron chi connectivity index (χ4n) is 2.89. The fraction of sp³-hybridized carbons (Fsp3) is 0.579. The minimum absolute atomic E-state index is 0.0316. The molecule has 1 aromatic rings. The number of amides is 2. The zero-order chi connectivity index (χ0) is 22.9. The number of hydrogen-bond acceptors (Lipinski definition) is 3. The number of nitrogens with zero attached hydrogens (tertiary/aromatic N) is 1. The van der Waals surface area contributed by atoms with E-state index in [0.717, 1.165) is 0 Å². The number of nitrogens with one attached hydrogen (secondary N) is 1. The maximum atomic E-state index is 12.9. The van der Waals surface area contributed by atoms with Crippen LogP contribution >= 0.6 is 0 Å². The van der Waals surface area contributed by atoms with Crippen molar-refractivity contribution in [2.24, 2.45) is 0 Å². The van der Waals surface area contributed by atoms with Crippen LogP contribution in [0.25, 0.3) is 0 Å². The Kier molecular flexibility index (Phi) is 6.63. The Labute approximate surface area is 169 Å². The lowest BCUT2D eigenvalue weighted by molar-refractivity contribution is -0.143. The number of ether oxygens (including phenoxy) is 1. The highest BCUT2D eigenvalue weighted by molar-refractivity contribution is 5.94. The molecule has 0 atom stereocenters. The molecular weight excluding hydrogens is 418 g/mol. The minimum atomic E-state index is -5.03. The molecule has 2 amide bonds. The summed E-state index contributed by atoms with van der Waals surface area (Å²) in [5.74, 6) is -1.04. The molecular formula is C19H22F6N2O3. The van der Waals surface area contributed by atoms with Gasteiger partial charge in [-0.2, -0.15) is 26.3 Å². The maximum absolute atomic E-state index is 12.9. The summed E-state index contributed by atoms with van der Waals surface area (Å²) >= 11 is 0. The second-order valence-corrected chi connectivity index (χ2v) is 8.01. The van der Waals surface area contributed by atoms with E-state index in [-0.39, 0.29) is 32.0 Å². The van der Waals surface area contributed by atoms with Crippen LogP contribution in [0.15, 0.2) is 18.2 Å². The Bertz CT molecular complexity index is 759. The largest absolute Gasteiger partial charge is 0.444 e. The van der Waals surface area contributed by atoms with Crippen molar-refractivity contribution < 1.29 is 40.7 Å². The van der Waals surface area contributed by atoms with Gasteiger partial charge in [0.25, 0.3) is 5.91 Å². The normalized spacial score (nSPS) is 16.4. The third-order valence-corrected chi connectivity index (χ3v) is 4.33. The Morgan fingerprint density at radius 2 is 1.40 bits per heavy atom. The number of alkyl halides is 6. The van der Waals surface area contributed by atoms with Crippen molar-refractivity contribution in [1.82, 2.24) is 10.2 Å². The fourth-order valence-corrected chi connectivity index (χ4v) is 2.89. The summed E-state index contributed by atoms with van der Waals surface area (Å²) in [5, 5.41) is 2.45. The van der Waals surface area contributed by atoms with Crippen molar-refractivity contribution in [3.8, 4) is 0 Å². The van der Waals surface area contributed by atoms with E-state index in [1.165, 1.54) is 4.90 Å². The molecule has 1 aromatic carbocycles. The second kappa shape index (κ2) is 8.35. The highest BCUT2D eigenvalue weighted by atomic mass is 19.4. The van der Waals surface area contributed by atoms with Gasteiger partial charge in [0.15, 0.2) is 0 Å². The number of likely N-dealkylation sites (tertiary alicyclic amines) is 1. The third-order valence-electron chi connectivity index (χ3n) is 4.33. The first-order valence-electron chi connectivity index (χ1n) is 9.14. The average Bonchev–Trinajstić information content (AvgIpc) is 2.59. The molecule has 0 saturated carbocycles. The van der Waals surface area contributed by atoms with E-state index < -0.39 is 52.7 Å². The van der Waals surface area contributed by atoms with E-state index in [2.05, 4.69) is 5.32 Å². The summed E-state index contributed by atoms with van der Waals surface area (Å²) < 4.78 is 82.9. The number of halogens is 6. The van der Waals surface area contributed by atoms with E-state index in [4.69, 9.17) is 4.74 Å². The predicted octanol–water partition coefficient (Wildman–Crippen LogP) is 4.85. The van der Waals surface area contributed by atoms with Gasteiger partial charge in [0.05, 0.1) is 11.1 Å². The molecule has 0 aromatic heterocycles. The zero-order valence-corrected chi connectivity index (χ0v) is 16.6. The summed E-state index contributed by atoms with van der Waals surface area (Å²) in [6.07, 6.45) is -10.0. The summed E-state index contributed by atoms with van der Waals surface area (Å²) in [7, 11) is 0. The summed E-state index contributed by atoms with van der Waals surface area (Å²) in [6, 6.07) is 0.247. The van der Waals surface area contributed by atoms with Crippen molar-refractivity contribution in [3.63, 3.8) is 0 Å². The van der Waals surface area contributed by atoms with Gasteiger partial charge in [0, 0.05) is 24.7 Å². The van der Waals surface area contributed by atoms with E-state index >= 15 is 0 Å². The highest BCUT2D eigenvalue weighted by Gasteiger charge is 2.38. The molecule has 0 unspecified atom stereocenters. The van der Waals surface area contributed by atoms with Crippen molar-refractivity contribution in [3.05, 3.63) is 34.9 Å². The molecule has 0 bridgehead atoms. The molecule has 0 aliphatic carbocycles. The van der Waals surface area contributed by atoms with Gasteiger partial charge in [-0.1, -0.05) is 0 Å². The van der Waals surface area contributed by atoms with Crippen LogP contribution in [-0.2, 0) is 17.1 Å². The van der Waals surface area contributed by atoms with Crippen LogP contribution in [0, 0.1) is 0 Å². The number of carbonyl (C=O) groups is 2. The average molecular weight is 440 g/mol. The smallest absolute Gasteiger partial charge is 0.416 e. The van der Waals surface area contributed by atoms with E-state index in [9.17, 15) is 35.9 Å². The standard InChI is InChI=1S/C19H22F6N2O3/c1-17(2,3)30-16(29)27-6-4-14(5-7-27)26-15(28)11-8-12(18(20,21)22)10-13(9-11)19(23,24)25/h8-10,14H,4-7H2,1-3H3,(H,26,28). The number of piperidine rings is 1.